The van der Waals surface area contributed by atoms with Gasteiger partial charge in [-0.15, -0.1) is 0 Å². The van der Waals surface area contributed by atoms with Crippen LogP contribution in [0.5, 0.6) is 5.75 Å². The van der Waals surface area contributed by atoms with E-state index in [2.05, 4.69) is 4.90 Å². The lowest BCUT2D eigenvalue weighted by Gasteiger charge is -2.35. The zero-order valence-electron chi connectivity index (χ0n) is 17.3. The van der Waals surface area contributed by atoms with E-state index in [1.807, 2.05) is 25.1 Å². The summed E-state index contributed by atoms with van der Waals surface area (Å²) in [6.45, 7) is 5.21. The van der Waals surface area contributed by atoms with Crippen LogP contribution in [-0.2, 0) is 19.4 Å². The number of amides is 2. The fourth-order valence-corrected chi connectivity index (χ4v) is 4.45. The Morgan fingerprint density at radius 3 is 2.52 bits per heavy atom. The molecule has 2 fully saturated rings. The van der Waals surface area contributed by atoms with E-state index >= 15 is 0 Å². The van der Waals surface area contributed by atoms with Gasteiger partial charge in [-0.25, -0.2) is 8.42 Å². The van der Waals surface area contributed by atoms with Crippen LogP contribution < -0.4 is 9.64 Å². The van der Waals surface area contributed by atoms with Crippen molar-refractivity contribution in [2.24, 2.45) is 5.92 Å². The van der Waals surface area contributed by atoms with Crippen LogP contribution in [0.4, 0.5) is 5.69 Å². The molecule has 2 aliphatic rings. The number of anilines is 1. The SMILES string of the molecule is COc1ccc(C)cc1N1CC(C(=O)N2CCN(CCS(C)(=O)=O)CC2)CC1=O. The van der Waals surface area contributed by atoms with Crippen molar-refractivity contribution in [3.63, 3.8) is 0 Å². The predicted molar refractivity (Wildman–Crippen MR) is 111 cm³/mol. The Hall–Kier alpha value is -2.13. The van der Waals surface area contributed by atoms with E-state index in [0.717, 1.165) is 5.56 Å². The first kappa shape index (κ1) is 21.6. The highest BCUT2D eigenvalue weighted by molar-refractivity contribution is 7.90. The number of sulfone groups is 1. The number of carbonyl (C=O) groups is 2. The maximum absolute atomic E-state index is 13.0. The van der Waals surface area contributed by atoms with Crippen molar-refractivity contribution in [3.8, 4) is 5.75 Å². The number of hydrogen-bond acceptors (Lipinski definition) is 6. The summed E-state index contributed by atoms with van der Waals surface area (Å²) in [5.74, 6) is 0.312. The molecular formula is C20H29N3O5S. The normalized spacial score (nSPS) is 20.9. The quantitative estimate of drug-likeness (QED) is 0.664. The van der Waals surface area contributed by atoms with Crippen LogP contribution in [-0.4, -0.2) is 88.4 Å². The van der Waals surface area contributed by atoms with Gasteiger partial charge in [0.15, 0.2) is 0 Å². The molecule has 0 saturated carbocycles. The second-order valence-electron chi connectivity index (χ2n) is 7.88. The van der Waals surface area contributed by atoms with E-state index in [9.17, 15) is 18.0 Å². The van der Waals surface area contributed by atoms with Crippen LogP contribution in [0.2, 0.25) is 0 Å². The summed E-state index contributed by atoms with van der Waals surface area (Å²) in [6.07, 6.45) is 1.43. The molecule has 1 atom stereocenters. The standard InChI is InChI=1S/C20H29N3O5S/c1-15-4-5-18(28-2)17(12-15)23-14-16(13-19(23)24)20(25)22-8-6-21(7-9-22)10-11-29(3,26)27/h4-5,12,16H,6-11,13-14H2,1-3H3. The van der Waals surface area contributed by atoms with Gasteiger partial charge in [0.2, 0.25) is 11.8 Å². The Labute approximate surface area is 172 Å². The molecule has 0 spiro atoms. The molecule has 2 heterocycles. The number of aryl methyl sites for hydroxylation is 1. The minimum absolute atomic E-state index is 0.00441. The summed E-state index contributed by atoms with van der Waals surface area (Å²) in [4.78, 5) is 31.1. The first-order chi connectivity index (χ1) is 13.7. The molecule has 0 aliphatic carbocycles. The highest BCUT2D eigenvalue weighted by Crippen LogP contribution is 2.34. The van der Waals surface area contributed by atoms with Gasteiger partial charge in [0.05, 0.1) is 24.5 Å². The molecule has 1 unspecified atom stereocenters. The van der Waals surface area contributed by atoms with Crippen LogP contribution in [0.15, 0.2) is 18.2 Å². The molecule has 9 heteroatoms. The van der Waals surface area contributed by atoms with Crippen molar-refractivity contribution >= 4 is 27.3 Å². The minimum atomic E-state index is -2.99. The summed E-state index contributed by atoms with van der Waals surface area (Å²) in [7, 11) is -1.42. The van der Waals surface area contributed by atoms with Gasteiger partial charge in [0, 0.05) is 51.9 Å². The largest absolute Gasteiger partial charge is 0.495 e. The van der Waals surface area contributed by atoms with Crippen LogP contribution in [0.1, 0.15) is 12.0 Å². The van der Waals surface area contributed by atoms with Crippen LogP contribution in [0, 0.1) is 12.8 Å². The van der Waals surface area contributed by atoms with Gasteiger partial charge in [-0.3, -0.25) is 14.5 Å². The molecule has 0 radical (unpaired) electrons. The van der Waals surface area contributed by atoms with Gasteiger partial charge in [-0.2, -0.15) is 0 Å². The fourth-order valence-electron chi connectivity index (χ4n) is 3.86. The van der Waals surface area contributed by atoms with Crippen molar-refractivity contribution in [2.75, 3.05) is 63.3 Å². The minimum Gasteiger partial charge on any atom is -0.495 e. The molecule has 1 aromatic rings. The topological polar surface area (TPSA) is 87.2 Å². The molecular weight excluding hydrogens is 394 g/mol. The molecule has 2 aliphatic heterocycles. The Bertz CT molecular complexity index is 878. The lowest BCUT2D eigenvalue weighted by atomic mass is 10.1. The van der Waals surface area contributed by atoms with Gasteiger partial charge >= 0.3 is 0 Å². The van der Waals surface area contributed by atoms with Crippen LogP contribution >= 0.6 is 0 Å². The van der Waals surface area contributed by atoms with Gasteiger partial charge in [0.1, 0.15) is 15.6 Å². The highest BCUT2D eigenvalue weighted by atomic mass is 32.2. The zero-order valence-corrected chi connectivity index (χ0v) is 18.1. The van der Waals surface area contributed by atoms with Gasteiger partial charge < -0.3 is 14.5 Å². The third kappa shape index (κ3) is 5.27. The molecule has 0 bridgehead atoms. The first-order valence-corrected chi connectivity index (χ1v) is 11.9. The van der Waals surface area contributed by atoms with E-state index < -0.39 is 9.84 Å². The molecule has 1 aromatic carbocycles. The van der Waals surface area contributed by atoms with E-state index in [0.29, 0.717) is 50.7 Å². The summed E-state index contributed by atoms with van der Waals surface area (Å²) in [5.41, 5.74) is 1.73. The number of nitrogens with zero attached hydrogens (tertiary/aromatic N) is 3. The monoisotopic (exact) mass is 423 g/mol. The maximum Gasteiger partial charge on any atom is 0.228 e. The zero-order chi connectivity index (χ0) is 21.2. The Kier molecular flexibility index (Phi) is 6.48. The molecule has 0 N–H and O–H groups in total. The molecule has 2 saturated heterocycles. The van der Waals surface area contributed by atoms with Gasteiger partial charge in [-0.05, 0) is 24.6 Å². The molecule has 8 nitrogen and oxygen atoms in total. The summed E-state index contributed by atoms with van der Waals surface area (Å²) < 4.78 is 28.1. The van der Waals surface area contributed by atoms with Gasteiger partial charge in [0.25, 0.3) is 0 Å². The van der Waals surface area contributed by atoms with Crippen LogP contribution in [0.3, 0.4) is 0 Å². The van der Waals surface area contributed by atoms with E-state index in [1.54, 1.807) is 16.9 Å². The highest BCUT2D eigenvalue weighted by Gasteiger charge is 2.38. The number of carbonyl (C=O) groups excluding carboxylic acids is 2. The summed E-state index contributed by atoms with van der Waals surface area (Å²) in [5, 5.41) is 0. The third-order valence-electron chi connectivity index (χ3n) is 5.56. The van der Waals surface area contributed by atoms with Gasteiger partial charge in [-0.1, -0.05) is 6.07 Å². The van der Waals surface area contributed by atoms with E-state index in [-0.39, 0.29) is 29.9 Å². The number of rotatable bonds is 6. The lowest BCUT2D eigenvalue weighted by Crippen LogP contribution is -2.51. The van der Waals surface area contributed by atoms with E-state index in [4.69, 9.17) is 4.74 Å². The second kappa shape index (κ2) is 8.71. The lowest BCUT2D eigenvalue weighted by molar-refractivity contribution is -0.137. The number of ether oxygens (including phenoxy) is 1. The molecule has 29 heavy (non-hydrogen) atoms. The molecule has 2 amide bonds. The van der Waals surface area contributed by atoms with Crippen molar-refractivity contribution in [1.82, 2.24) is 9.80 Å². The van der Waals surface area contributed by atoms with Crippen LogP contribution in [0.25, 0.3) is 0 Å². The number of hydrogen-bond donors (Lipinski definition) is 0. The third-order valence-corrected chi connectivity index (χ3v) is 6.49. The first-order valence-electron chi connectivity index (χ1n) is 9.82. The van der Waals surface area contributed by atoms with Crippen molar-refractivity contribution < 1.29 is 22.7 Å². The molecule has 160 valence electrons. The van der Waals surface area contributed by atoms with Crippen molar-refractivity contribution in [1.29, 1.82) is 0 Å². The Balaban J connectivity index is 1.59. The summed E-state index contributed by atoms with van der Waals surface area (Å²) >= 11 is 0. The Morgan fingerprint density at radius 1 is 1.21 bits per heavy atom. The molecule has 3 rings (SSSR count). The van der Waals surface area contributed by atoms with Crippen molar-refractivity contribution in [3.05, 3.63) is 23.8 Å². The predicted octanol–water partition coefficient (Wildman–Crippen LogP) is 0.545. The van der Waals surface area contributed by atoms with E-state index in [1.165, 1.54) is 6.26 Å². The average Bonchev–Trinajstić information content (AvgIpc) is 3.07. The maximum atomic E-state index is 13.0. The molecule has 0 aromatic heterocycles. The number of benzene rings is 1. The second-order valence-corrected chi connectivity index (χ2v) is 10.1. The summed E-state index contributed by atoms with van der Waals surface area (Å²) in [6, 6.07) is 5.67. The van der Waals surface area contributed by atoms with Crippen molar-refractivity contribution in [2.45, 2.75) is 13.3 Å². The number of piperazine rings is 1. The fraction of sp³-hybridized carbons (Fsp3) is 0.600. The Morgan fingerprint density at radius 2 is 1.90 bits per heavy atom. The average molecular weight is 424 g/mol. The smallest absolute Gasteiger partial charge is 0.228 e. The number of methoxy groups -OCH3 is 1.